The maximum Gasteiger partial charge on any atom is 0.128 e. The van der Waals surface area contributed by atoms with E-state index in [1.165, 1.54) is 0 Å². The molecule has 20 heavy (non-hydrogen) atoms. The van der Waals surface area contributed by atoms with E-state index in [0.29, 0.717) is 0 Å². The van der Waals surface area contributed by atoms with Crippen molar-refractivity contribution in [3.8, 4) is 0 Å². The minimum Gasteiger partial charge on any atom is -0.378 e. The summed E-state index contributed by atoms with van der Waals surface area (Å²) in [5, 5.41) is 0. The van der Waals surface area contributed by atoms with Gasteiger partial charge in [0.05, 0.1) is 19.3 Å². The lowest BCUT2D eigenvalue weighted by atomic mass is 10.0. The van der Waals surface area contributed by atoms with E-state index < -0.39 is 0 Å². The molecule has 1 aromatic carbocycles. The first-order valence-electron chi connectivity index (χ1n) is 6.94. The summed E-state index contributed by atoms with van der Waals surface area (Å²) >= 11 is 0. The molecule has 4 heteroatoms. The number of nitrogens with two attached hydrogens (primary N) is 1. The number of aromatic nitrogens is 1. The summed E-state index contributed by atoms with van der Waals surface area (Å²) in [6, 6.07) is 14.1. The van der Waals surface area contributed by atoms with Gasteiger partial charge in [-0.2, -0.15) is 0 Å². The maximum atomic E-state index is 6.27. The lowest BCUT2D eigenvalue weighted by molar-refractivity contribution is 0.122. The topological polar surface area (TPSA) is 51.4 Å². The molecule has 0 radical (unpaired) electrons. The molecule has 3 rings (SSSR count). The van der Waals surface area contributed by atoms with E-state index in [1.54, 1.807) is 0 Å². The van der Waals surface area contributed by atoms with Crippen LogP contribution < -0.4 is 10.6 Å². The first-order valence-corrected chi connectivity index (χ1v) is 6.94. The van der Waals surface area contributed by atoms with Crippen LogP contribution in [-0.2, 0) is 4.74 Å². The molecule has 0 amide bonds. The smallest absolute Gasteiger partial charge is 0.128 e. The quantitative estimate of drug-likeness (QED) is 0.925. The predicted octanol–water partition coefficient (Wildman–Crippen LogP) is 1.97. The molecule has 0 bridgehead atoms. The lowest BCUT2D eigenvalue weighted by Crippen LogP contribution is -2.36. The third kappa shape index (κ3) is 2.81. The second-order valence-corrected chi connectivity index (χ2v) is 4.94. The molecule has 2 N–H and O–H groups in total. The Hall–Kier alpha value is -1.91. The molecule has 0 spiro atoms. The Morgan fingerprint density at radius 1 is 1.00 bits per heavy atom. The van der Waals surface area contributed by atoms with Gasteiger partial charge in [0, 0.05) is 19.3 Å². The SMILES string of the molecule is N[C@@H](c1ccccc1)c1ccc(N2CCOCC2)nc1. The lowest BCUT2D eigenvalue weighted by Gasteiger charge is -2.28. The standard InChI is InChI=1S/C16H19N3O/c17-16(13-4-2-1-3-5-13)14-6-7-15(18-12-14)19-8-10-20-11-9-19/h1-7,12,16H,8-11,17H2/t16-/m0/s1. The summed E-state index contributed by atoms with van der Waals surface area (Å²) in [6.07, 6.45) is 1.88. The van der Waals surface area contributed by atoms with Crippen molar-refractivity contribution in [2.24, 2.45) is 5.73 Å². The van der Waals surface area contributed by atoms with Crippen molar-refractivity contribution < 1.29 is 4.74 Å². The number of nitrogens with zero attached hydrogens (tertiary/aromatic N) is 2. The number of hydrogen-bond donors (Lipinski definition) is 1. The van der Waals surface area contributed by atoms with E-state index in [-0.39, 0.29) is 6.04 Å². The Bertz CT molecular complexity index is 535. The van der Waals surface area contributed by atoms with Gasteiger partial charge in [0.25, 0.3) is 0 Å². The minimum atomic E-state index is -0.123. The van der Waals surface area contributed by atoms with Crippen LogP contribution in [0, 0.1) is 0 Å². The zero-order valence-electron chi connectivity index (χ0n) is 11.4. The third-order valence-electron chi connectivity index (χ3n) is 3.62. The summed E-state index contributed by atoms with van der Waals surface area (Å²) in [7, 11) is 0. The number of rotatable bonds is 3. The molecule has 4 nitrogen and oxygen atoms in total. The molecular weight excluding hydrogens is 250 g/mol. The van der Waals surface area contributed by atoms with Crippen LogP contribution in [0.25, 0.3) is 0 Å². The van der Waals surface area contributed by atoms with Crippen molar-refractivity contribution in [2.45, 2.75) is 6.04 Å². The van der Waals surface area contributed by atoms with E-state index >= 15 is 0 Å². The second-order valence-electron chi connectivity index (χ2n) is 4.94. The van der Waals surface area contributed by atoms with Gasteiger partial charge < -0.3 is 15.4 Å². The van der Waals surface area contributed by atoms with Crippen LogP contribution in [0.15, 0.2) is 48.7 Å². The molecule has 1 fully saturated rings. The normalized spacial score (nSPS) is 16.9. The van der Waals surface area contributed by atoms with Crippen LogP contribution in [0.3, 0.4) is 0 Å². The molecule has 2 aromatic rings. The van der Waals surface area contributed by atoms with Crippen molar-refractivity contribution >= 4 is 5.82 Å². The number of hydrogen-bond acceptors (Lipinski definition) is 4. The summed E-state index contributed by atoms with van der Waals surface area (Å²) in [5.74, 6) is 0.998. The highest BCUT2D eigenvalue weighted by Crippen LogP contribution is 2.21. The van der Waals surface area contributed by atoms with Gasteiger partial charge in [-0.3, -0.25) is 0 Å². The van der Waals surface area contributed by atoms with Crippen molar-refractivity contribution in [1.82, 2.24) is 4.98 Å². The van der Waals surface area contributed by atoms with Crippen molar-refractivity contribution in [3.05, 3.63) is 59.8 Å². The van der Waals surface area contributed by atoms with Gasteiger partial charge in [-0.25, -0.2) is 4.98 Å². The molecule has 0 unspecified atom stereocenters. The van der Waals surface area contributed by atoms with Crippen LogP contribution >= 0.6 is 0 Å². The Labute approximate surface area is 119 Å². The van der Waals surface area contributed by atoms with Crippen LogP contribution in [0.5, 0.6) is 0 Å². The van der Waals surface area contributed by atoms with Crippen molar-refractivity contribution in [1.29, 1.82) is 0 Å². The number of pyridine rings is 1. The third-order valence-corrected chi connectivity index (χ3v) is 3.62. The number of anilines is 1. The van der Waals surface area contributed by atoms with E-state index in [4.69, 9.17) is 10.5 Å². The molecule has 1 aliphatic heterocycles. The molecule has 1 atom stereocenters. The molecule has 2 heterocycles. The van der Waals surface area contributed by atoms with Gasteiger partial charge >= 0.3 is 0 Å². The highest BCUT2D eigenvalue weighted by Gasteiger charge is 2.13. The second kappa shape index (κ2) is 6.03. The Morgan fingerprint density at radius 3 is 2.40 bits per heavy atom. The molecule has 104 valence electrons. The van der Waals surface area contributed by atoms with Crippen LogP contribution in [0.1, 0.15) is 17.2 Å². The van der Waals surface area contributed by atoms with Gasteiger partial charge in [-0.05, 0) is 17.2 Å². The van der Waals surface area contributed by atoms with E-state index in [9.17, 15) is 0 Å². The Kier molecular flexibility index (Phi) is 3.95. The van der Waals surface area contributed by atoms with Gasteiger partial charge in [0.1, 0.15) is 5.82 Å². The fourth-order valence-electron chi connectivity index (χ4n) is 2.41. The van der Waals surface area contributed by atoms with Gasteiger partial charge in [0.15, 0.2) is 0 Å². The number of ether oxygens (including phenoxy) is 1. The monoisotopic (exact) mass is 269 g/mol. The van der Waals surface area contributed by atoms with Crippen molar-refractivity contribution in [3.63, 3.8) is 0 Å². The average Bonchev–Trinajstić information content (AvgIpc) is 2.56. The van der Waals surface area contributed by atoms with E-state index in [0.717, 1.165) is 43.2 Å². The first kappa shape index (κ1) is 13.1. The van der Waals surface area contributed by atoms with Gasteiger partial charge in [-0.15, -0.1) is 0 Å². The zero-order valence-corrected chi connectivity index (χ0v) is 11.4. The van der Waals surface area contributed by atoms with Crippen LogP contribution in [0.2, 0.25) is 0 Å². The Balaban J connectivity index is 1.75. The molecule has 1 saturated heterocycles. The summed E-state index contributed by atoms with van der Waals surface area (Å²) in [4.78, 5) is 6.78. The molecular formula is C16H19N3O. The molecule has 0 aliphatic carbocycles. The zero-order chi connectivity index (χ0) is 13.8. The maximum absolute atomic E-state index is 6.27. The first-order chi connectivity index (χ1) is 9.84. The molecule has 0 saturated carbocycles. The fraction of sp³-hybridized carbons (Fsp3) is 0.312. The fourth-order valence-corrected chi connectivity index (χ4v) is 2.41. The number of morpholine rings is 1. The summed E-state index contributed by atoms with van der Waals surface area (Å²) in [5.41, 5.74) is 8.41. The van der Waals surface area contributed by atoms with Crippen molar-refractivity contribution in [2.75, 3.05) is 31.2 Å². The number of benzene rings is 1. The molecule has 1 aromatic heterocycles. The van der Waals surface area contributed by atoms with Gasteiger partial charge in [-0.1, -0.05) is 36.4 Å². The molecule has 1 aliphatic rings. The Morgan fingerprint density at radius 2 is 1.75 bits per heavy atom. The van der Waals surface area contributed by atoms with Gasteiger partial charge in [0.2, 0.25) is 0 Å². The predicted molar refractivity (Wildman–Crippen MR) is 79.7 cm³/mol. The average molecular weight is 269 g/mol. The van der Waals surface area contributed by atoms with E-state index in [1.807, 2.05) is 42.6 Å². The highest BCUT2D eigenvalue weighted by atomic mass is 16.5. The van der Waals surface area contributed by atoms with Crippen LogP contribution in [0.4, 0.5) is 5.82 Å². The van der Waals surface area contributed by atoms with Crippen LogP contribution in [-0.4, -0.2) is 31.3 Å². The largest absolute Gasteiger partial charge is 0.378 e. The van der Waals surface area contributed by atoms with E-state index in [2.05, 4.69) is 16.0 Å². The highest BCUT2D eigenvalue weighted by molar-refractivity contribution is 5.41. The summed E-state index contributed by atoms with van der Waals surface area (Å²) in [6.45, 7) is 3.34. The summed E-state index contributed by atoms with van der Waals surface area (Å²) < 4.78 is 5.35. The minimum absolute atomic E-state index is 0.123.